The minimum absolute atomic E-state index is 0. The van der Waals surface area contributed by atoms with E-state index in [4.69, 9.17) is 5.73 Å². The van der Waals surface area contributed by atoms with Crippen LogP contribution in [-0.4, -0.2) is 28.5 Å². The van der Waals surface area contributed by atoms with Crippen LogP contribution in [0.1, 0.15) is 36.0 Å². The van der Waals surface area contributed by atoms with E-state index in [0.29, 0.717) is 18.0 Å². The van der Waals surface area contributed by atoms with Crippen LogP contribution in [0.5, 0.6) is 0 Å². The SMILES string of the molecule is Cl.NC1CCCC(CNC(=O)c2ccc3nccnc3c2)C1. The monoisotopic (exact) mass is 320 g/mol. The molecule has 0 bridgehead atoms. The van der Waals surface area contributed by atoms with Gasteiger partial charge >= 0.3 is 0 Å². The summed E-state index contributed by atoms with van der Waals surface area (Å²) in [6.45, 7) is 0.699. The van der Waals surface area contributed by atoms with E-state index in [0.717, 1.165) is 36.7 Å². The fourth-order valence-corrected chi connectivity index (χ4v) is 2.96. The van der Waals surface area contributed by atoms with Crippen molar-refractivity contribution in [3.63, 3.8) is 0 Å². The summed E-state index contributed by atoms with van der Waals surface area (Å²) in [5, 5.41) is 3.01. The zero-order valence-corrected chi connectivity index (χ0v) is 13.2. The molecule has 118 valence electrons. The summed E-state index contributed by atoms with van der Waals surface area (Å²) in [5.74, 6) is 0.444. The summed E-state index contributed by atoms with van der Waals surface area (Å²) >= 11 is 0. The van der Waals surface area contributed by atoms with Crippen molar-refractivity contribution in [2.75, 3.05) is 6.54 Å². The van der Waals surface area contributed by atoms with Gasteiger partial charge in [-0.05, 0) is 43.4 Å². The third kappa shape index (κ3) is 3.93. The summed E-state index contributed by atoms with van der Waals surface area (Å²) in [7, 11) is 0. The maximum atomic E-state index is 12.2. The predicted octanol–water partition coefficient (Wildman–Crippen LogP) is 2.30. The summed E-state index contributed by atoms with van der Waals surface area (Å²) in [6.07, 6.45) is 7.70. The standard InChI is InChI=1S/C16H20N4O.ClH/c17-13-3-1-2-11(8-13)10-20-16(21)12-4-5-14-15(9-12)19-7-6-18-14;/h4-7,9,11,13H,1-3,8,10,17H2,(H,20,21);1H. The van der Waals surface area contributed by atoms with Gasteiger partial charge < -0.3 is 11.1 Å². The van der Waals surface area contributed by atoms with Crippen LogP contribution in [0.15, 0.2) is 30.6 Å². The van der Waals surface area contributed by atoms with E-state index in [1.165, 1.54) is 0 Å². The zero-order chi connectivity index (χ0) is 14.7. The van der Waals surface area contributed by atoms with Gasteiger partial charge in [-0.15, -0.1) is 12.4 Å². The van der Waals surface area contributed by atoms with Crippen LogP contribution in [0.3, 0.4) is 0 Å². The summed E-state index contributed by atoms with van der Waals surface area (Å²) < 4.78 is 0. The second-order valence-corrected chi connectivity index (χ2v) is 5.76. The lowest BCUT2D eigenvalue weighted by Crippen LogP contribution is -2.35. The molecule has 5 nitrogen and oxygen atoms in total. The Labute approximate surface area is 136 Å². The average molecular weight is 321 g/mol. The number of nitrogens with one attached hydrogen (secondary N) is 1. The maximum absolute atomic E-state index is 12.2. The van der Waals surface area contributed by atoms with Gasteiger partial charge in [0.05, 0.1) is 11.0 Å². The van der Waals surface area contributed by atoms with Crippen LogP contribution < -0.4 is 11.1 Å². The van der Waals surface area contributed by atoms with Gasteiger partial charge in [-0.1, -0.05) is 6.42 Å². The minimum atomic E-state index is -0.0540. The molecule has 0 radical (unpaired) electrons. The number of hydrogen-bond donors (Lipinski definition) is 2. The molecule has 1 saturated carbocycles. The van der Waals surface area contributed by atoms with Crippen molar-refractivity contribution in [3.8, 4) is 0 Å². The van der Waals surface area contributed by atoms with Crippen molar-refractivity contribution >= 4 is 29.3 Å². The number of amides is 1. The molecule has 22 heavy (non-hydrogen) atoms. The lowest BCUT2D eigenvalue weighted by Gasteiger charge is -2.26. The van der Waals surface area contributed by atoms with Gasteiger partial charge in [-0.3, -0.25) is 14.8 Å². The first-order chi connectivity index (χ1) is 10.2. The number of nitrogens with two attached hydrogens (primary N) is 1. The molecule has 1 aliphatic carbocycles. The lowest BCUT2D eigenvalue weighted by molar-refractivity contribution is 0.0942. The topological polar surface area (TPSA) is 80.9 Å². The molecule has 1 amide bonds. The molecular formula is C16H21ClN4O. The molecule has 1 heterocycles. The highest BCUT2D eigenvalue weighted by atomic mass is 35.5. The molecule has 1 aliphatic rings. The normalized spacial score (nSPS) is 21.1. The second-order valence-electron chi connectivity index (χ2n) is 5.76. The van der Waals surface area contributed by atoms with Crippen molar-refractivity contribution in [1.82, 2.24) is 15.3 Å². The van der Waals surface area contributed by atoms with Crippen molar-refractivity contribution < 1.29 is 4.79 Å². The number of halogens is 1. The Morgan fingerprint density at radius 3 is 2.77 bits per heavy atom. The number of benzene rings is 1. The summed E-state index contributed by atoms with van der Waals surface area (Å²) in [4.78, 5) is 20.6. The molecule has 1 aromatic carbocycles. The molecule has 1 aromatic heterocycles. The first kappa shape index (κ1) is 16.6. The van der Waals surface area contributed by atoms with Gasteiger partial charge in [0.15, 0.2) is 0 Å². The summed E-state index contributed by atoms with van der Waals surface area (Å²) in [6, 6.07) is 5.69. The molecule has 2 unspecified atom stereocenters. The summed E-state index contributed by atoms with van der Waals surface area (Å²) in [5.41, 5.74) is 8.14. The van der Waals surface area contributed by atoms with Crippen LogP contribution in [-0.2, 0) is 0 Å². The van der Waals surface area contributed by atoms with Gasteiger partial charge in [-0.2, -0.15) is 0 Å². The van der Waals surface area contributed by atoms with E-state index in [9.17, 15) is 4.79 Å². The fraction of sp³-hybridized carbons (Fsp3) is 0.438. The Morgan fingerprint density at radius 1 is 1.23 bits per heavy atom. The van der Waals surface area contributed by atoms with Crippen molar-refractivity contribution in [2.24, 2.45) is 11.7 Å². The van der Waals surface area contributed by atoms with Crippen molar-refractivity contribution in [1.29, 1.82) is 0 Å². The molecule has 0 aliphatic heterocycles. The van der Waals surface area contributed by atoms with Crippen LogP contribution in [0, 0.1) is 5.92 Å². The average Bonchev–Trinajstić information content (AvgIpc) is 2.52. The van der Waals surface area contributed by atoms with E-state index in [-0.39, 0.29) is 24.4 Å². The number of nitrogens with zero attached hydrogens (tertiary/aromatic N) is 2. The number of aromatic nitrogens is 2. The van der Waals surface area contributed by atoms with E-state index in [1.807, 2.05) is 6.07 Å². The molecule has 2 aromatic rings. The van der Waals surface area contributed by atoms with Gasteiger partial charge in [0, 0.05) is 30.5 Å². The van der Waals surface area contributed by atoms with E-state index in [2.05, 4.69) is 15.3 Å². The van der Waals surface area contributed by atoms with E-state index in [1.54, 1.807) is 24.5 Å². The molecule has 3 rings (SSSR count). The Morgan fingerprint density at radius 2 is 2.00 bits per heavy atom. The van der Waals surface area contributed by atoms with Gasteiger partial charge in [0.2, 0.25) is 0 Å². The van der Waals surface area contributed by atoms with Crippen molar-refractivity contribution in [2.45, 2.75) is 31.7 Å². The van der Waals surface area contributed by atoms with E-state index < -0.39 is 0 Å². The minimum Gasteiger partial charge on any atom is -0.352 e. The molecule has 0 saturated heterocycles. The fourth-order valence-electron chi connectivity index (χ4n) is 2.96. The van der Waals surface area contributed by atoms with Crippen LogP contribution >= 0.6 is 12.4 Å². The number of carbonyl (C=O) groups excluding carboxylic acids is 1. The maximum Gasteiger partial charge on any atom is 0.251 e. The molecule has 3 N–H and O–H groups in total. The quantitative estimate of drug-likeness (QED) is 0.909. The predicted molar refractivity (Wildman–Crippen MR) is 89.1 cm³/mol. The van der Waals surface area contributed by atoms with Crippen LogP contribution in [0.2, 0.25) is 0 Å². The largest absolute Gasteiger partial charge is 0.352 e. The zero-order valence-electron chi connectivity index (χ0n) is 12.4. The number of fused-ring (bicyclic) bond motifs is 1. The number of hydrogen-bond acceptors (Lipinski definition) is 4. The molecular weight excluding hydrogens is 300 g/mol. The highest BCUT2D eigenvalue weighted by Gasteiger charge is 2.19. The highest BCUT2D eigenvalue weighted by molar-refractivity contribution is 5.97. The highest BCUT2D eigenvalue weighted by Crippen LogP contribution is 2.22. The third-order valence-electron chi connectivity index (χ3n) is 4.11. The third-order valence-corrected chi connectivity index (χ3v) is 4.11. The molecule has 0 spiro atoms. The van der Waals surface area contributed by atoms with Crippen LogP contribution in [0.4, 0.5) is 0 Å². The molecule has 6 heteroatoms. The molecule has 2 atom stereocenters. The Bertz CT molecular complexity index is 649. The van der Waals surface area contributed by atoms with Gasteiger partial charge in [0.25, 0.3) is 5.91 Å². The number of rotatable bonds is 3. The van der Waals surface area contributed by atoms with Crippen molar-refractivity contribution in [3.05, 3.63) is 36.2 Å². The first-order valence-corrected chi connectivity index (χ1v) is 7.47. The second kappa shape index (κ2) is 7.51. The lowest BCUT2D eigenvalue weighted by atomic mass is 9.86. The smallest absolute Gasteiger partial charge is 0.251 e. The first-order valence-electron chi connectivity index (χ1n) is 7.47. The molecule has 1 fully saturated rings. The van der Waals surface area contributed by atoms with Crippen LogP contribution in [0.25, 0.3) is 11.0 Å². The Balaban J connectivity index is 0.00000176. The van der Waals surface area contributed by atoms with Gasteiger partial charge in [0.1, 0.15) is 0 Å². The van der Waals surface area contributed by atoms with Gasteiger partial charge in [-0.25, -0.2) is 0 Å². The van der Waals surface area contributed by atoms with E-state index >= 15 is 0 Å². The Hall–Kier alpha value is -1.72. The Kier molecular flexibility index (Phi) is 5.69. The number of carbonyl (C=O) groups is 1.